The lowest BCUT2D eigenvalue weighted by molar-refractivity contribution is -0.127. The highest BCUT2D eigenvalue weighted by Crippen LogP contribution is 2.37. The molecule has 1 aliphatic heterocycles. The third-order valence-corrected chi connectivity index (χ3v) is 6.66. The van der Waals surface area contributed by atoms with Crippen molar-refractivity contribution in [3.63, 3.8) is 0 Å². The molecule has 0 unspecified atom stereocenters. The van der Waals surface area contributed by atoms with Crippen LogP contribution in [0.2, 0.25) is 0 Å². The summed E-state index contributed by atoms with van der Waals surface area (Å²) in [6.45, 7) is 1.18. The van der Waals surface area contributed by atoms with E-state index >= 15 is 0 Å². The highest BCUT2D eigenvalue weighted by molar-refractivity contribution is 8.18. The molecule has 2 N–H and O–H groups in total. The van der Waals surface area contributed by atoms with Gasteiger partial charge in [0.1, 0.15) is 12.3 Å². The van der Waals surface area contributed by atoms with Crippen LogP contribution in [0.25, 0.3) is 6.08 Å². The lowest BCUT2D eigenvalue weighted by Crippen LogP contribution is -2.36. The van der Waals surface area contributed by atoms with Gasteiger partial charge < -0.3 is 24.8 Å². The van der Waals surface area contributed by atoms with Gasteiger partial charge in [-0.05, 0) is 67.2 Å². The summed E-state index contributed by atoms with van der Waals surface area (Å²) in [6, 6.07) is 19.0. The number of methoxy groups -OCH3 is 2. The molecule has 4 amide bonds. The van der Waals surface area contributed by atoms with Gasteiger partial charge >= 0.3 is 0 Å². The average Bonchev–Trinajstić information content (AvgIpc) is 3.21. The fourth-order valence-electron chi connectivity index (χ4n) is 3.73. The Bertz CT molecular complexity index is 1450. The fraction of sp³-hybridized carbons (Fsp3) is 0.172. The van der Waals surface area contributed by atoms with E-state index in [0.717, 1.165) is 10.5 Å². The molecule has 0 spiro atoms. The third-order valence-electron chi connectivity index (χ3n) is 5.75. The molecule has 40 heavy (non-hydrogen) atoms. The Labute approximate surface area is 235 Å². The van der Waals surface area contributed by atoms with Crippen molar-refractivity contribution in [3.05, 3.63) is 82.8 Å². The second-order valence-electron chi connectivity index (χ2n) is 8.63. The average molecular weight is 562 g/mol. The third kappa shape index (κ3) is 7.00. The molecule has 1 fully saturated rings. The van der Waals surface area contributed by atoms with E-state index in [9.17, 15) is 19.2 Å². The van der Waals surface area contributed by atoms with Crippen LogP contribution in [0.15, 0.2) is 71.6 Å². The van der Waals surface area contributed by atoms with Gasteiger partial charge in [0, 0.05) is 16.9 Å². The van der Waals surface area contributed by atoms with Crippen LogP contribution in [-0.2, 0) is 14.4 Å². The summed E-state index contributed by atoms with van der Waals surface area (Å²) in [7, 11) is 2.98. The van der Waals surface area contributed by atoms with Crippen LogP contribution in [0.5, 0.6) is 17.2 Å². The summed E-state index contributed by atoms with van der Waals surface area (Å²) < 4.78 is 16.3. The molecule has 206 valence electrons. The quantitative estimate of drug-likeness (QED) is 0.342. The van der Waals surface area contributed by atoms with Crippen LogP contribution in [0.1, 0.15) is 11.1 Å². The van der Waals surface area contributed by atoms with E-state index in [4.69, 9.17) is 14.2 Å². The Morgan fingerprint density at radius 3 is 2.17 bits per heavy atom. The molecule has 3 aromatic rings. The largest absolute Gasteiger partial charge is 0.497 e. The Kier molecular flexibility index (Phi) is 9.07. The number of nitrogens with zero attached hydrogens (tertiary/aromatic N) is 1. The molecule has 0 aliphatic carbocycles. The maximum Gasteiger partial charge on any atom is 0.294 e. The number of ether oxygens (including phenoxy) is 3. The van der Waals surface area contributed by atoms with Gasteiger partial charge in [0.15, 0.2) is 18.1 Å². The van der Waals surface area contributed by atoms with Crippen molar-refractivity contribution in [1.82, 2.24) is 4.90 Å². The number of rotatable bonds is 10. The van der Waals surface area contributed by atoms with Gasteiger partial charge in [0.25, 0.3) is 17.1 Å². The first-order valence-corrected chi connectivity index (χ1v) is 12.9. The number of amides is 4. The van der Waals surface area contributed by atoms with Crippen molar-refractivity contribution in [1.29, 1.82) is 0 Å². The SMILES string of the molecule is COc1ccc(NC(=O)CN2C(=O)S/C(=C/c3cccc(OC)c3OCC(=O)Nc3ccc(C)cc3)C2=O)cc1. The van der Waals surface area contributed by atoms with Gasteiger partial charge in [0.05, 0.1) is 19.1 Å². The van der Waals surface area contributed by atoms with E-state index in [-0.39, 0.29) is 23.2 Å². The molecule has 1 heterocycles. The highest BCUT2D eigenvalue weighted by atomic mass is 32.2. The first-order chi connectivity index (χ1) is 19.3. The second kappa shape index (κ2) is 12.9. The number of hydrogen-bond acceptors (Lipinski definition) is 8. The number of anilines is 2. The first-order valence-electron chi connectivity index (χ1n) is 12.1. The zero-order chi connectivity index (χ0) is 28.6. The van der Waals surface area contributed by atoms with Crippen LogP contribution in [-0.4, -0.2) is 55.2 Å². The number of thioether (sulfide) groups is 1. The number of imide groups is 1. The normalized spacial score (nSPS) is 13.8. The molecule has 0 bridgehead atoms. The van der Waals surface area contributed by atoms with E-state index in [1.807, 2.05) is 19.1 Å². The Morgan fingerprint density at radius 1 is 0.875 bits per heavy atom. The molecular weight excluding hydrogens is 534 g/mol. The predicted octanol–water partition coefficient (Wildman–Crippen LogP) is 4.70. The van der Waals surface area contributed by atoms with Crippen LogP contribution >= 0.6 is 11.8 Å². The molecule has 3 aromatic carbocycles. The summed E-state index contributed by atoms with van der Waals surface area (Å²) in [5, 5.41) is 4.83. The number of nitrogens with one attached hydrogen (secondary N) is 2. The smallest absolute Gasteiger partial charge is 0.294 e. The van der Waals surface area contributed by atoms with Crippen LogP contribution in [0, 0.1) is 6.92 Å². The van der Waals surface area contributed by atoms with Gasteiger partial charge in [-0.3, -0.25) is 24.1 Å². The molecule has 11 heteroatoms. The molecule has 0 atom stereocenters. The summed E-state index contributed by atoms with van der Waals surface area (Å²) >= 11 is 0.706. The van der Waals surface area contributed by atoms with Crippen molar-refractivity contribution in [2.45, 2.75) is 6.92 Å². The second-order valence-corrected chi connectivity index (χ2v) is 9.62. The number of carbonyl (C=O) groups excluding carboxylic acids is 4. The maximum atomic E-state index is 13.0. The number of aryl methyl sites for hydroxylation is 1. The van der Waals surface area contributed by atoms with Crippen LogP contribution in [0.3, 0.4) is 0 Å². The predicted molar refractivity (Wildman–Crippen MR) is 153 cm³/mol. The molecule has 4 rings (SSSR count). The van der Waals surface area contributed by atoms with Gasteiger partial charge in [0.2, 0.25) is 5.91 Å². The molecule has 0 saturated carbocycles. The van der Waals surface area contributed by atoms with Gasteiger partial charge in [-0.15, -0.1) is 0 Å². The van der Waals surface area contributed by atoms with Crippen LogP contribution in [0.4, 0.5) is 16.2 Å². The number of carbonyl (C=O) groups is 4. The topological polar surface area (TPSA) is 123 Å². The standard InChI is InChI=1S/C29H27N3O7S/c1-18-7-9-20(10-8-18)31-26(34)17-39-27-19(5-4-6-23(27)38-3)15-24-28(35)32(29(36)40-24)16-25(33)30-21-11-13-22(37-2)14-12-21/h4-15H,16-17H2,1-3H3,(H,30,33)(H,31,34)/b24-15+. The molecule has 0 radical (unpaired) electrons. The Balaban J connectivity index is 1.44. The minimum Gasteiger partial charge on any atom is -0.497 e. The molecule has 10 nitrogen and oxygen atoms in total. The maximum absolute atomic E-state index is 13.0. The van der Waals surface area contributed by atoms with E-state index in [2.05, 4.69) is 10.6 Å². The summed E-state index contributed by atoms with van der Waals surface area (Å²) in [4.78, 5) is 51.6. The lowest BCUT2D eigenvalue weighted by Gasteiger charge is -2.14. The Morgan fingerprint density at radius 2 is 1.52 bits per heavy atom. The minimum atomic E-state index is -0.620. The van der Waals surface area contributed by atoms with Gasteiger partial charge in [-0.1, -0.05) is 29.8 Å². The highest BCUT2D eigenvalue weighted by Gasteiger charge is 2.36. The fourth-order valence-corrected chi connectivity index (χ4v) is 4.56. The summed E-state index contributed by atoms with van der Waals surface area (Å²) in [5.41, 5.74) is 2.62. The van der Waals surface area contributed by atoms with Gasteiger partial charge in [-0.25, -0.2) is 0 Å². The minimum absolute atomic E-state index is 0.101. The molecule has 1 saturated heterocycles. The van der Waals surface area contributed by atoms with E-state index in [1.165, 1.54) is 20.3 Å². The van der Waals surface area contributed by atoms with Crippen molar-refractivity contribution in [2.24, 2.45) is 0 Å². The zero-order valence-corrected chi connectivity index (χ0v) is 22.9. The Hall–Kier alpha value is -4.77. The van der Waals surface area contributed by atoms with Crippen molar-refractivity contribution < 1.29 is 33.4 Å². The van der Waals surface area contributed by atoms with Crippen molar-refractivity contribution in [2.75, 3.05) is 38.0 Å². The summed E-state index contributed by atoms with van der Waals surface area (Å²) in [5.74, 6) is -0.335. The monoisotopic (exact) mass is 561 g/mol. The van der Waals surface area contributed by atoms with Crippen molar-refractivity contribution >= 4 is 52.2 Å². The number of para-hydroxylation sites is 1. The molecule has 0 aromatic heterocycles. The van der Waals surface area contributed by atoms with Crippen LogP contribution < -0.4 is 24.8 Å². The first kappa shape index (κ1) is 28.2. The van der Waals surface area contributed by atoms with Gasteiger partial charge in [-0.2, -0.15) is 0 Å². The van der Waals surface area contributed by atoms with E-state index < -0.39 is 23.6 Å². The van der Waals surface area contributed by atoms with Crippen molar-refractivity contribution in [3.8, 4) is 17.2 Å². The lowest BCUT2D eigenvalue weighted by atomic mass is 10.1. The number of benzene rings is 3. The molecule has 1 aliphatic rings. The zero-order valence-electron chi connectivity index (χ0n) is 22.1. The molecular formula is C29H27N3O7S. The summed E-state index contributed by atoms with van der Waals surface area (Å²) in [6.07, 6.45) is 1.47. The van der Waals surface area contributed by atoms with E-state index in [0.29, 0.717) is 40.2 Å². The number of hydrogen-bond donors (Lipinski definition) is 2. The van der Waals surface area contributed by atoms with E-state index in [1.54, 1.807) is 54.6 Å².